The molecule has 0 N–H and O–H groups in total. The van der Waals surface area contributed by atoms with Crippen molar-refractivity contribution in [2.24, 2.45) is 5.92 Å². The van der Waals surface area contributed by atoms with Gasteiger partial charge in [-0.1, -0.05) is 0 Å². The Bertz CT molecular complexity index is 504. The van der Waals surface area contributed by atoms with E-state index in [1.807, 2.05) is 16.7 Å². The average Bonchev–Trinajstić information content (AvgIpc) is 2.81. The molecule has 0 aromatic rings. The van der Waals surface area contributed by atoms with Gasteiger partial charge in [-0.25, -0.2) is 4.79 Å². The van der Waals surface area contributed by atoms with Gasteiger partial charge in [-0.2, -0.15) is 0 Å². The van der Waals surface area contributed by atoms with Crippen molar-refractivity contribution in [3.63, 3.8) is 0 Å². The zero-order valence-electron chi connectivity index (χ0n) is 16.8. The first-order valence-electron chi connectivity index (χ1n) is 10.4. The van der Waals surface area contributed by atoms with E-state index in [2.05, 4.69) is 25.7 Å². The number of fused-ring (bicyclic) bond motifs is 2. The molecule has 0 saturated carbocycles. The van der Waals surface area contributed by atoms with E-state index < -0.39 is 0 Å². The van der Waals surface area contributed by atoms with E-state index in [4.69, 9.17) is 4.74 Å². The standard InChI is InChI=1S/C20H35N3O3/c1-5-22(14(3)4)19(24)9-15-12-21(13-15)18-10-16-7-8-17(11-18)23(16)20(25)26-6-2/h14-18H,5-13H2,1-4H3. The summed E-state index contributed by atoms with van der Waals surface area (Å²) in [4.78, 5) is 31.1. The van der Waals surface area contributed by atoms with Crippen LogP contribution in [0.3, 0.4) is 0 Å². The Morgan fingerprint density at radius 1 is 1.08 bits per heavy atom. The molecule has 3 fully saturated rings. The lowest BCUT2D eigenvalue weighted by atomic mass is 9.88. The number of hydrogen-bond donors (Lipinski definition) is 0. The molecule has 148 valence electrons. The van der Waals surface area contributed by atoms with Gasteiger partial charge < -0.3 is 14.5 Å². The van der Waals surface area contributed by atoms with Crippen molar-refractivity contribution in [3.8, 4) is 0 Å². The molecule has 2 unspecified atom stereocenters. The molecule has 6 nitrogen and oxygen atoms in total. The highest BCUT2D eigenvalue weighted by Crippen LogP contribution is 2.40. The van der Waals surface area contributed by atoms with E-state index in [0.29, 0.717) is 43.0 Å². The predicted molar refractivity (Wildman–Crippen MR) is 101 cm³/mol. The molecular weight excluding hydrogens is 330 g/mol. The Balaban J connectivity index is 1.46. The number of rotatable bonds is 6. The molecular formula is C20H35N3O3. The second kappa shape index (κ2) is 8.15. The molecule has 2 bridgehead atoms. The number of amides is 2. The van der Waals surface area contributed by atoms with Crippen molar-refractivity contribution in [3.05, 3.63) is 0 Å². The molecule has 0 aliphatic carbocycles. The maximum absolute atomic E-state index is 12.4. The molecule has 2 amide bonds. The summed E-state index contributed by atoms with van der Waals surface area (Å²) in [5.74, 6) is 0.792. The van der Waals surface area contributed by atoms with Gasteiger partial charge in [0.2, 0.25) is 5.91 Å². The number of ether oxygens (including phenoxy) is 1. The Morgan fingerprint density at radius 3 is 2.19 bits per heavy atom. The van der Waals surface area contributed by atoms with Gasteiger partial charge in [0, 0.05) is 50.2 Å². The van der Waals surface area contributed by atoms with Crippen LogP contribution in [0, 0.1) is 5.92 Å². The van der Waals surface area contributed by atoms with E-state index in [9.17, 15) is 9.59 Å². The monoisotopic (exact) mass is 365 g/mol. The van der Waals surface area contributed by atoms with Crippen LogP contribution < -0.4 is 0 Å². The molecule has 0 aromatic heterocycles. The molecule has 3 rings (SSSR count). The Hall–Kier alpha value is -1.30. The Labute approximate surface area is 157 Å². The van der Waals surface area contributed by atoms with Gasteiger partial charge in [0.05, 0.1) is 6.61 Å². The van der Waals surface area contributed by atoms with Crippen molar-refractivity contribution in [2.45, 2.75) is 84.0 Å². The third-order valence-corrected chi connectivity index (χ3v) is 6.44. The van der Waals surface area contributed by atoms with Gasteiger partial charge in [0.1, 0.15) is 0 Å². The van der Waals surface area contributed by atoms with Crippen LogP contribution in [0.25, 0.3) is 0 Å². The van der Waals surface area contributed by atoms with Gasteiger partial charge in [-0.15, -0.1) is 0 Å². The SMILES string of the molecule is CCOC(=O)N1C2CCC1CC(N1CC(CC(=O)N(CC)C(C)C)C1)C2. The molecule has 26 heavy (non-hydrogen) atoms. The maximum Gasteiger partial charge on any atom is 0.410 e. The lowest BCUT2D eigenvalue weighted by molar-refractivity contribution is -0.135. The number of likely N-dealkylation sites (tertiary alicyclic amines) is 1. The van der Waals surface area contributed by atoms with Crippen molar-refractivity contribution >= 4 is 12.0 Å². The highest BCUT2D eigenvalue weighted by Gasteiger charge is 2.47. The van der Waals surface area contributed by atoms with Gasteiger partial charge >= 0.3 is 6.09 Å². The number of carbonyl (C=O) groups is 2. The maximum atomic E-state index is 12.4. The van der Waals surface area contributed by atoms with Crippen molar-refractivity contribution in [1.29, 1.82) is 0 Å². The minimum absolute atomic E-state index is 0.126. The predicted octanol–water partition coefficient (Wildman–Crippen LogP) is 2.72. The zero-order valence-corrected chi connectivity index (χ0v) is 16.8. The molecule has 2 atom stereocenters. The van der Waals surface area contributed by atoms with E-state index in [1.165, 1.54) is 0 Å². The Kier molecular flexibility index (Phi) is 6.10. The first kappa shape index (κ1) is 19.5. The summed E-state index contributed by atoms with van der Waals surface area (Å²) in [6.07, 6.45) is 4.88. The van der Waals surface area contributed by atoms with Gasteiger partial charge in [-0.05, 0) is 59.3 Å². The van der Waals surface area contributed by atoms with E-state index in [-0.39, 0.29) is 12.1 Å². The van der Waals surface area contributed by atoms with Crippen molar-refractivity contribution < 1.29 is 14.3 Å². The largest absolute Gasteiger partial charge is 0.450 e. The second-order valence-corrected chi connectivity index (χ2v) is 8.41. The normalized spacial score (nSPS) is 29.0. The fourth-order valence-corrected chi connectivity index (χ4v) is 5.17. The summed E-state index contributed by atoms with van der Waals surface area (Å²) in [6, 6.07) is 1.54. The van der Waals surface area contributed by atoms with E-state index >= 15 is 0 Å². The molecule has 3 heterocycles. The molecule has 0 radical (unpaired) electrons. The molecule has 3 saturated heterocycles. The first-order valence-corrected chi connectivity index (χ1v) is 10.4. The highest BCUT2D eigenvalue weighted by molar-refractivity contribution is 5.76. The van der Waals surface area contributed by atoms with Crippen LogP contribution in [0.5, 0.6) is 0 Å². The van der Waals surface area contributed by atoms with Crippen molar-refractivity contribution in [1.82, 2.24) is 14.7 Å². The number of nitrogens with zero attached hydrogens (tertiary/aromatic N) is 3. The van der Waals surface area contributed by atoms with Crippen LogP contribution >= 0.6 is 0 Å². The number of piperidine rings is 1. The second-order valence-electron chi connectivity index (χ2n) is 8.41. The molecule has 3 aliphatic heterocycles. The fraction of sp³-hybridized carbons (Fsp3) is 0.900. The quantitative estimate of drug-likeness (QED) is 0.726. The van der Waals surface area contributed by atoms with Crippen LogP contribution in [-0.2, 0) is 9.53 Å². The van der Waals surface area contributed by atoms with Crippen molar-refractivity contribution in [2.75, 3.05) is 26.2 Å². The zero-order chi connectivity index (χ0) is 18.8. The van der Waals surface area contributed by atoms with E-state index in [0.717, 1.165) is 45.3 Å². The molecule has 0 aromatic carbocycles. The summed E-state index contributed by atoms with van der Waals surface area (Å²) < 4.78 is 5.24. The van der Waals surface area contributed by atoms with Crippen LogP contribution in [0.15, 0.2) is 0 Å². The molecule has 3 aliphatic rings. The third kappa shape index (κ3) is 3.85. The van der Waals surface area contributed by atoms with Crippen LogP contribution in [-0.4, -0.2) is 77.1 Å². The Morgan fingerprint density at radius 2 is 1.69 bits per heavy atom. The number of carbonyl (C=O) groups excluding carboxylic acids is 2. The summed E-state index contributed by atoms with van der Waals surface area (Å²) >= 11 is 0. The van der Waals surface area contributed by atoms with Gasteiger partial charge in [0.15, 0.2) is 0 Å². The topological polar surface area (TPSA) is 53.1 Å². The minimum atomic E-state index is -0.126. The fourth-order valence-electron chi connectivity index (χ4n) is 5.17. The molecule has 0 spiro atoms. The van der Waals surface area contributed by atoms with Crippen LogP contribution in [0.1, 0.15) is 59.8 Å². The smallest absolute Gasteiger partial charge is 0.410 e. The summed E-state index contributed by atoms with van der Waals surface area (Å²) in [7, 11) is 0. The van der Waals surface area contributed by atoms with Crippen LogP contribution in [0.4, 0.5) is 4.79 Å². The lowest BCUT2D eigenvalue weighted by Crippen LogP contribution is -2.59. The lowest BCUT2D eigenvalue weighted by Gasteiger charge is -2.49. The number of hydrogen-bond acceptors (Lipinski definition) is 4. The average molecular weight is 366 g/mol. The summed E-state index contributed by atoms with van der Waals surface area (Å²) in [5.41, 5.74) is 0. The van der Waals surface area contributed by atoms with Gasteiger partial charge in [0.25, 0.3) is 0 Å². The minimum Gasteiger partial charge on any atom is -0.450 e. The first-order chi connectivity index (χ1) is 12.4. The third-order valence-electron chi connectivity index (χ3n) is 6.44. The molecule has 6 heteroatoms. The summed E-state index contributed by atoms with van der Waals surface area (Å²) in [5, 5.41) is 0. The highest BCUT2D eigenvalue weighted by atomic mass is 16.6. The van der Waals surface area contributed by atoms with Crippen LogP contribution in [0.2, 0.25) is 0 Å². The summed E-state index contributed by atoms with van der Waals surface area (Å²) in [6.45, 7) is 11.4. The van der Waals surface area contributed by atoms with Gasteiger partial charge in [-0.3, -0.25) is 9.69 Å². The van der Waals surface area contributed by atoms with E-state index in [1.54, 1.807) is 0 Å².